The number of carbonyl (C=O) groups excluding carboxylic acids is 2. The average molecular weight is 343 g/mol. The third-order valence-corrected chi connectivity index (χ3v) is 3.06. The number of alkyl halides is 5. The standard InChI is InChI=1S/C14H18F5NO3/c1-12(2,3)23-11(22)9-5-4-7-20(9)8-6-10(21)13(15,16)14(17,18)19/h6,8-9H,4-5,7H2,1-3H3/b8-6-/t9-/m0/s1. The summed E-state index contributed by atoms with van der Waals surface area (Å²) >= 11 is 0. The Labute approximate surface area is 130 Å². The van der Waals surface area contributed by atoms with E-state index in [4.69, 9.17) is 4.74 Å². The van der Waals surface area contributed by atoms with E-state index in [1.165, 1.54) is 4.90 Å². The highest BCUT2D eigenvalue weighted by atomic mass is 19.4. The number of carbonyl (C=O) groups is 2. The fourth-order valence-electron chi connectivity index (χ4n) is 2.00. The minimum atomic E-state index is -5.95. The fraction of sp³-hybridized carbons (Fsp3) is 0.714. The third-order valence-electron chi connectivity index (χ3n) is 3.06. The Bertz CT molecular complexity index is 494. The van der Waals surface area contributed by atoms with E-state index < -0.39 is 35.5 Å². The van der Waals surface area contributed by atoms with Crippen LogP contribution in [-0.2, 0) is 14.3 Å². The molecule has 132 valence electrons. The number of ketones is 1. The number of halogens is 5. The Morgan fingerprint density at radius 1 is 1.13 bits per heavy atom. The van der Waals surface area contributed by atoms with Gasteiger partial charge in [-0.25, -0.2) is 4.79 Å². The molecule has 0 N–H and O–H groups in total. The van der Waals surface area contributed by atoms with E-state index in [0.29, 0.717) is 12.8 Å². The SMILES string of the molecule is CC(C)(C)OC(=O)[C@@H]1CCCN1/C=C\C(=O)C(F)(F)C(F)(F)F. The van der Waals surface area contributed by atoms with Gasteiger partial charge in [-0.3, -0.25) is 4.79 Å². The molecule has 0 aromatic heterocycles. The van der Waals surface area contributed by atoms with E-state index >= 15 is 0 Å². The molecule has 0 aromatic carbocycles. The first-order chi connectivity index (χ1) is 10.3. The highest BCUT2D eigenvalue weighted by molar-refractivity contribution is 5.96. The van der Waals surface area contributed by atoms with Crippen LogP contribution < -0.4 is 0 Å². The molecule has 1 saturated heterocycles. The molecule has 1 aliphatic heterocycles. The molecule has 0 spiro atoms. The quantitative estimate of drug-likeness (QED) is 0.447. The molecule has 1 fully saturated rings. The number of likely N-dealkylation sites (tertiary alicyclic amines) is 1. The van der Waals surface area contributed by atoms with Crippen molar-refractivity contribution in [3.8, 4) is 0 Å². The van der Waals surface area contributed by atoms with Crippen LogP contribution in [-0.4, -0.2) is 46.9 Å². The number of hydrogen-bond acceptors (Lipinski definition) is 4. The first-order valence-electron chi connectivity index (χ1n) is 6.91. The summed E-state index contributed by atoms with van der Waals surface area (Å²) in [5.41, 5.74) is -0.756. The summed E-state index contributed by atoms with van der Waals surface area (Å²) < 4.78 is 67.1. The summed E-state index contributed by atoms with van der Waals surface area (Å²) in [6.45, 7) is 5.19. The van der Waals surface area contributed by atoms with Crippen LogP contribution in [0.15, 0.2) is 12.3 Å². The zero-order chi connectivity index (χ0) is 18.1. The molecule has 0 aliphatic carbocycles. The number of esters is 1. The zero-order valence-electron chi connectivity index (χ0n) is 12.9. The molecule has 1 aliphatic rings. The number of nitrogens with zero attached hydrogens (tertiary/aromatic N) is 1. The Hall–Kier alpha value is -1.67. The van der Waals surface area contributed by atoms with Crippen molar-refractivity contribution in [2.75, 3.05) is 6.54 Å². The lowest BCUT2D eigenvalue weighted by Crippen LogP contribution is -2.43. The van der Waals surface area contributed by atoms with Crippen molar-refractivity contribution in [3.63, 3.8) is 0 Å². The van der Waals surface area contributed by atoms with E-state index in [1.54, 1.807) is 20.8 Å². The molecular formula is C14H18F5NO3. The number of allylic oxidation sites excluding steroid dienone is 1. The molecule has 1 heterocycles. The predicted octanol–water partition coefficient (Wildman–Crippen LogP) is 3.07. The van der Waals surface area contributed by atoms with E-state index in [1.807, 2.05) is 0 Å². The monoisotopic (exact) mass is 343 g/mol. The van der Waals surface area contributed by atoms with Crippen LogP contribution in [0.3, 0.4) is 0 Å². The lowest BCUT2D eigenvalue weighted by molar-refractivity contribution is -0.266. The summed E-state index contributed by atoms with van der Waals surface area (Å²) in [5.74, 6) is -8.44. The molecular weight excluding hydrogens is 325 g/mol. The lowest BCUT2D eigenvalue weighted by atomic mass is 10.1. The van der Waals surface area contributed by atoms with Gasteiger partial charge in [0.15, 0.2) is 0 Å². The summed E-state index contributed by atoms with van der Waals surface area (Å²) in [5, 5.41) is 0. The number of hydrogen-bond donors (Lipinski definition) is 0. The number of rotatable bonds is 4. The van der Waals surface area contributed by atoms with Crippen molar-refractivity contribution in [2.24, 2.45) is 0 Å². The summed E-state index contributed by atoms with van der Waals surface area (Å²) in [6.07, 6.45) is -4.12. The van der Waals surface area contributed by atoms with Crippen molar-refractivity contribution in [3.05, 3.63) is 12.3 Å². The topological polar surface area (TPSA) is 46.6 Å². The van der Waals surface area contributed by atoms with Crippen molar-refractivity contribution in [2.45, 2.75) is 57.4 Å². The van der Waals surface area contributed by atoms with Crippen LogP contribution in [0, 0.1) is 0 Å². The van der Waals surface area contributed by atoms with Crippen molar-refractivity contribution in [1.29, 1.82) is 0 Å². The maximum absolute atomic E-state index is 12.8. The van der Waals surface area contributed by atoms with Crippen LogP contribution in [0.5, 0.6) is 0 Å². The van der Waals surface area contributed by atoms with Crippen LogP contribution in [0.4, 0.5) is 22.0 Å². The van der Waals surface area contributed by atoms with Gasteiger partial charge in [-0.1, -0.05) is 0 Å². The van der Waals surface area contributed by atoms with Gasteiger partial charge >= 0.3 is 18.1 Å². The Kier molecular flexibility index (Phi) is 5.43. The van der Waals surface area contributed by atoms with E-state index in [0.717, 1.165) is 6.20 Å². The Morgan fingerprint density at radius 2 is 1.70 bits per heavy atom. The van der Waals surface area contributed by atoms with Gasteiger partial charge in [0.1, 0.15) is 11.6 Å². The van der Waals surface area contributed by atoms with Crippen LogP contribution in [0.2, 0.25) is 0 Å². The first-order valence-corrected chi connectivity index (χ1v) is 6.91. The smallest absolute Gasteiger partial charge is 0.458 e. The highest BCUT2D eigenvalue weighted by Crippen LogP contribution is 2.36. The fourth-order valence-corrected chi connectivity index (χ4v) is 2.00. The van der Waals surface area contributed by atoms with Crippen LogP contribution in [0.25, 0.3) is 0 Å². The minimum absolute atomic E-state index is 0.149. The molecule has 0 bridgehead atoms. The Morgan fingerprint density at radius 3 is 2.17 bits per heavy atom. The van der Waals surface area contributed by atoms with Crippen LogP contribution in [0.1, 0.15) is 33.6 Å². The van der Waals surface area contributed by atoms with Gasteiger partial charge in [0.05, 0.1) is 0 Å². The molecule has 0 radical (unpaired) electrons. The molecule has 0 amide bonds. The van der Waals surface area contributed by atoms with Gasteiger partial charge in [0, 0.05) is 18.8 Å². The maximum atomic E-state index is 12.8. The van der Waals surface area contributed by atoms with E-state index in [-0.39, 0.29) is 12.6 Å². The van der Waals surface area contributed by atoms with E-state index in [2.05, 4.69) is 0 Å². The largest absolute Gasteiger partial charge is 0.461 e. The Balaban J connectivity index is 2.79. The molecule has 9 heteroatoms. The predicted molar refractivity (Wildman–Crippen MR) is 70.7 cm³/mol. The van der Waals surface area contributed by atoms with Gasteiger partial charge < -0.3 is 9.64 Å². The second-order valence-corrected chi connectivity index (χ2v) is 6.18. The first kappa shape index (κ1) is 19.4. The molecule has 4 nitrogen and oxygen atoms in total. The zero-order valence-corrected chi connectivity index (χ0v) is 12.9. The van der Waals surface area contributed by atoms with Gasteiger partial charge in [0.25, 0.3) is 0 Å². The summed E-state index contributed by atoms with van der Waals surface area (Å²) in [6, 6.07) is -0.808. The highest BCUT2D eigenvalue weighted by Gasteiger charge is 2.62. The van der Waals surface area contributed by atoms with Gasteiger partial charge in [-0.2, -0.15) is 22.0 Å². The normalized spacial score (nSPS) is 20.2. The molecule has 1 atom stereocenters. The maximum Gasteiger partial charge on any atom is 0.461 e. The summed E-state index contributed by atoms with van der Waals surface area (Å²) in [4.78, 5) is 24.3. The second-order valence-electron chi connectivity index (χ2n) is 6.18. The van der Waals surface area contributed by atoms with Crippen molar-refractivity contribution >= 4 is 11.8 Å². The molecule has 23 heavy (non-hydrogen) atoms. The van der Waals surface area contributed by atoms with Crippen LogP contribution >= 0.6 is 0 Å². The molecule has 1 rings (SSSR count). The average Bonchev–Trinajstić information content (AvgIpc) is 2.80. The van der Waals surface area contributed by atoms with Gasteiger partial charge in [0.2, 0.25) is 5.78 Å². The van der Waals surface area contributed by atoms with Crippen molar-refractivity contribution in [1.82, 2.24) is 4.90 Å². The van der Waals surface area contributed by atoms with Gasteiger partial charge in [-0.15, -0.1) is 0 Å². The minimum Gasteiger partial charge on any atom is -0.458 e. The third kappa shape index (κ3) is 4.90. The molecule has 0 saturated carbocycles. The summed E-state index contributed by atoms with van der Waals surface area (Å²) in [7, 11) is 0. The molecule has 0 unspecified atom stereocenters. The van der Waals surface area contributed by atoms with Gasteiger partial charge in [-0.05, 0) is 33.6 Å². The number of ether oxygens (including phenoxy) is 1. The lowest BCUT2D eigenvalue weighted by Gasteiger charge is -2.26. The van der Waals surface area contributed by atoms with E-state index in [9.17, 15) is 31.5 Å². The van der Waals surface area contributed by atoms with Crippen molar-refractivity contribution < 1.29 is 36.3 Å². The second kappa shape index (κ2) is 6.45. The molecule has 0 aromatic rings.